The van der Waals surface area contributed by atoms with E-state index in [-0.39, 0.29) is 11.7 Å². The van der Waals surface area contributed by atoms with Gasteiger partial charge in [0, 0.05) is 6.42 Å². The van der Waals surface area contributed by atoms with Gasteiger partial charge in [0.05, 0.1) is 24.4 Å². The number of allylic oxidation sites excluding steroid dienone is 4. The van der Waals surface area contributed by atoms with Crippen molar-refractivity contribution in [3.63, 3.8) is 0 Å². The van der Waals surface area contributed by atoms with Crippen LogP contribution in [0.15, 0.2) is 74.9 Å². The van der Waals surface area contributed by atoms with Crippen LogP contribution in [-0.4, -0.2) is 17.2 Å². The number of carbonyl (C=O) groups excluding carboxylic acids is 1. The van der Waals surface area contributed by atoms with E-state index in [9.17, 15) is 9.90 Å². The minimum Gasteiger partial charge on any atom is -0.508 e. The number of aliphatic hydroxyl groups excluding tert-OH is 1. The number of esters is 1. The van der Waals surface area contributed by atoms with Crippen LogP contribution in [0.2, 0.25) is 0 Å². The van der Waals surface area contributed by atoms with Crippen LogP contribution in [0.4, 0.5) is 0 Å². The maximum atomic E-state index is 11.5. The number of hydrogen-bond donors (Lipinski definition) is 1. The van der Waals surface area contributed by atoms with Crippen molar-refractivity contribution in [3.8, 4) is 0 Å². The summed E-state index contributed by atoms with van der Waals surface area (Å²) in [4.78, 5) is 11.5. The Kier molecular flexibility index (Phi) is 7.39. The largest absolute Gasteiger partial charge is 0.508 e. The highest BCUT2D eigenvalue weighted by atomic mass is 16.6. The second-order valence-corrected chi connectivity index (χ2v) is 8.10. The molecule has 2 unspecified atom stereocenters. The minimum atomic E-state index is -0.518. The molecule has 5 heteroatoms. The Balaban J connectivity index is 1.38. The van der Waals surface area contributed by atoms with Crippen LogP contribution in [0.25, 0.3) is 0 Å². The second-order valence-electron chi connectivity index (χ2n) is 8.10. The van der Waals surface area contributed by atoms with Crippen molar-refractivity contribution in [2.45, 2.75) is 59.0 Å². The van der Waals surface area contributed by atoms with Crippen molar-refractivity contribution in [2.75, 3.05) is 0 Å². The topological polar surface area (TPSA) is 72.8 Å². The number of aryl methyl sites for hydroxylation is 1. The van der Waals surface area contributed by atoms with Gasteiger partial charge in [0.2, 0.25) is 0 Å². The zero-order chi connectivity index (χ0) is 21.5. The lowest BCUT2D eigenvalue weighted by Crippen LogP contribution is -2.14. The van der Waals surface area contributed by atoms with E-state index in [0.29, 0.717) is 12.0 Å². The summed E-state index contributed by atoms with van der Waals surface area (Å²) in [6.45, 7) is 5.77. The maximum absolute atomic E-state index is 11.5. The van der Waals surface area contributed by atoms with Crippen molar-refractivity contribution in [1.82, 2.24) is 0 Å². The van der Waals surface area contributed by atoms with E-state index in [1.165, 1.54) is 11.1 Å². The molecule has 3 rings (SSSR count). The molecule has 0 aromatic carbocycles. The van der Waals surface area contributed by atoms with Crippen molar-refractivity contribution in [2.24, 2.45) is 5.92 Å². The number of hydrogen-bond acceptors (Lipinski definition) is 5. The quantitative estimate of drug-likeness (QED) is 0.380. The van der Waals surface area contributed by atoms with Gasteiger partial charge in [-0.1, -0.05) is 30.7 Å². The van der Waals surface area contributed by atoms with Gasteiger partial charge in [0.25, 0.3) is 0 Å². The molecular weight excluding hydrogens is 380 g/mol. The van der Waals surface area contributed by atoms with Crippen LogP contribution in [0.1, 0.15) is 56.9 Å². The zero-order valence-electron chi connectivity index (χ0n) is 17.9. The van der Waals surface area contributed by atoms with Gasteiger partial charge in [-0.15, -0.1) is 0 Å². The first-order valence-corrected chi connectivity index (χ1v) is 10.4. The molecule has 1 aliphatic rings. The van der Waals surface area contributed by atoms with E-state index < -0.39 is 12.1 Å². The highest BCUT2D eigenvalue weighted by Gasteiger charge is 2.31. The van der Waals surface area contributed by atoms with Crippen LogP contribution in [0.3, 0.4) is 0 Å². The fourth-order valence-corrected chi connectivity index (χ4v) is 3.50. The summed E-state index contributed by atoms with van der Waals surface area (Å²) in [5.74, 6) is 0.800. The maximum Gasteiger partial charge on any atom is 0.337 e. The molecule has 160 valence electrons. The normalized spacial score (nSPS) is 18.4. The lowest BCUT2D eigenvalue weighted by Gasteiger charge is -2.13. The van der Waals surface area contributed by atoms with Crippen LogP contribution in [0.5, 0.6) is 0 Å². The molecule has 0 amide bonds. The Labute approximate surface area is 177 Å². The van der Waals surface area contributed by atoms with E-state index in [2.05, 4.69) is 32.1 Å². The number of ether oxygens (including phenoxy) is 1. The molecule has 0 spiro atoms. The monoisotopic (exact) mass is 410 g/mol. The molecule has 0 radical (unpaired) electrons. The predicted octanol–water partition coefficient (Wildman–Crippen LogP) is 6.07. The molecule has 1 N–H and O–H groups in total. The highest BCUT2D eigenvalue weighted by molar-refractivity contribution is 5.90. The smallest absolute Gasteiger partial charge is 0.337 e. The summed E-state index contributed by atoms with van der Waals surface area (Å²) in [5.41, 5.74) is 3.97. The molecule has 2 aromatic heterocycles. The zero-order valence-corrected chi connectivity index (χ0v) is 17.9. The molecule has 0 bridgehead atoms. The summed E-state index contributed by atoms with van der Waals surface area (Å²) >= 11 is 0. The Bertz CT molecular complexity index is 927. The Morgan fingerprint density at radius 1 is 1.30 bits per heavy atom. The average Bonchev–Trinajstić information content (AvgIpc) is 3.43. The van der Waals surface area contributed by atoms with E-state index in [1.807, 2.05) is 18.4 Å². The summed E-state index contributed by atoms with van der Waals surface area (Å²) in [5, 5.41) is 9.93. The molecule has 0 saturated carbocycles. The van der Waals surface area contributed by atoms with Gasteiger partial charge >= 0.3 is 5.97 Å². The summed E-state index contributed by atoms with van der Waals surface area (Å²) < 4.78 is 15.9. The van der Waals surface area contributed by atoms with Crippen molar-refractivity contribution < 1.29 is 23.5 Å². The fourth-order valence-electron chi connectivity index (χ4n) is 3.50. The minimum absolute atomic E-state index is 0.0687. The molecule has 5 nitrogen and oxygen atoms in total. The third kappa shape index (κ3) is 6.02. The van der Waals surface area contributed by atoms with E-state index in [4.69, 9.17) is 13.6 Å². The molecule has 30 heavy (non-hydrogen) atoms. The molecule has 0 fully saturated rings. The first-order chi connectivity index (χ1) is 14.4. The van der Waals surface area contributed by atoms with E-state index >= 15 is 0 Å². The standard InChI is InChI=1S/C25H30O5/c1-17(6-4-8-18(2)12-23-24(26)19(3)25(27)30-23)7-5-9-20-13-22(29-16-20)14-21-10-11-28-15-21/h4,6,8,10-11,13,15-16,18,23,26H,5,7,9,12,14H2,1-3H3. The summed E-state index contributed by atoms with van der Waals surface area (Å²) in [7, 11) is 0. The number of cyclic esters (lactones) is 1. The van der Waals surface area contributed by atoms with Gasteiger partial charge in [0.1, 0.15) is 11.5 Å². The van der Waals surface area contributed by atoms with Crippen LogP contribution >= 0.6 is 0 Å². The first kappa shape index (κ1) is 21.8. The summed E-state index contributed by atoms with van der Waals surface area (Å²) in [6.07, 6.45) is 15.4. The Morgan fingerprint density at radius 3 is 2.83 bits per heavy atom. The van der Waals surface area contributed by atoms with Crippen molar-refractivity contribution in [1.29, 1.82) is 0 Å². The lowest BCUT2D eigenvalue weighted by atomic mass is 10.0. The van der Waals surface area contributed by atoms with E-state index in [1.54, 1.807) is 19.5 Å². The number of carbonyl (C=O) groups is 1. The van der Waals surface area contributed by atoms with Gasteiger partial charge in [-0.2, -0.15) is 0 Å². The van der Waals surface area contributed by atoms with Crippen LogP contribution in [-0.2, 0) is 22.4 Å². The summed E-state index contributed by atoms with van der Waals surface area (Å²) in [6, 6.07) is 4.07. The van der Waals surface area contributed by atoms with Gasteiger partial charge < -0.3 is 18.7 Å². The number of aliphatic hydroxyl groups is 1. The Morgan fingerprint density at radius 2 is 2.13 bits per heavy atom. The van der Waals surface area contributed by atoms with Crippen LogP contribution < -0.4 is 0 Å². The highest BCUT2D eigenvalue weighted by Crippen LogP contribution is 2.25. The Hall–Kier alpha value is -2.95. The van der Waals surface area contributed by atoms with Crippen LogP contribution in [0, 0.1) is 5.92 Å². The SMILES string of the molecule is CC(=CC=CC(C)CC1OC(=O)C(C)=C1O)CCCc1coc(Cc2ccoc2)c1. The fraction of sp³-hybridized carbons (Fsp3) is 0.400. The lowest BCUT2D eigenvalue weighted by molar-refractivity contribution is -0.140. The first-order valence-electron chi connectivity index (χ1n) is 10.4. The predicted molar refractivity (Wildman–Crippen MR) is 115 cm³/mol. The van der Waals surface area contributed by atoms with Gasteiger partial charge in [-0.25, -0.2) is 4.79 Å². The second kappa shape index (κ2) is 10.2. The van der Waals surface area contributed by atoms with Crippen molar-refractivity contribution >= 4 is 5.97 Å². The number of rotatable bonds is 10. The van der Waals surface area contributed by atoms with Gasteiger partial charge in [0.15, 0.2) is 6.10 Å². The van der Waals surface area contributed by atoms with Gasteiger partial charge in [-0.05, 0) is 68.7 Å². The third-order valence-corrected chi connectivity index (χ3v) is 5.35. The third-order valence-electron chi connectivity index (χ3n) is 5.35. The molecular formula is C25H30O5. The molecule has 0 aliphatic carbocycles. The molecule has 2 aromatic rings. The molecule has 2 atom stereocenters. The molecule has 1 aliphatic heterocycles. The molecule has 0 saturated heterocycles. The van der Waals surface area contributed by atoms with Gasteiger partial charge in [-0.3, -0.25) is 0 Å². The van der Waals surface area contributed by atoms with E-state index in [0.717, 1.165) is 37.0 Å². The number of furan rings is 2. The molecule has 3 heterocycles. The average molecular weight is 411 g/mol. The van der Waals surface area contributed by atoms with Crippen molar-refractivity contribution in [3.05, 3.63) is 82.9 Å².